The zero-order chi connectivity index (χ0) is 19.4. The largest absolute Gasteiger partial charge is 0.356 e. The second-order valence-corrected chi connectivity index (χ2v) is 6.37. The fourth-order valence-electron chi connectivity index (χ4n) is 2.39. The van der Waals surface area contributed by atoms with Crippen LogP contribution in [0.3, 0.4) is 0 Å². The topological polar surface area (TPSA) is 92.3 Å². The van der Waals surface area contributed by atoms with Crippen LogP contribution in [0.2, 0.25) is 0 Å². The van der Waals surface area contributed by atoms with E-state index < -0.39 is 0 Å². The van der Waals surface area contributed by atoms with Crippen molar-refractivity contribution in [2.45, 2.75) is 58.8 Å². The third-order valence-corrected chi connectivity index (χ3v) is 3.76. The predicted octanol–water partition coefficient (Wildman–Crippen LogP) is 2.80. The third kappa shape index (κ3) is 9.71. The molecule has 0 radical (unpaired) electrons. The lowest BCUT2D eigenvalue weighted by molar-refractivity contribution is -0.126. The second kappa shape index (κ2) is 12.0. The Bertz CT molecular complexity index is 623. The lowest BCUT2D eigenvalue weighted by Gasteiger charge is -2.07. The molecule has 6 heteroatoms. The molecule has 0 saturated carbocycles. The molecule has 0 aliphatic carbocycles. The Balaban J connectivity index is 2.30. The number of amides is 2. The first-order valence-electron chi connectivity index (χ1n) is 9.07. The summed E-state index contributed by atoms with van der Waals surface area (Å²) in [6.07, 6.45) is 2.95. The number of carbonyl (C=O) groups excluding carboxylic acids is 4. The van der Waals surface area contributed by atoms with Gasteiger partial charge in [0.05, 0.1) is 6.42 Å². The number of carbonyl (C=O) groups is 4. The predicted molar refractivity (Wildman–Crippen MR) is 101 cm³/mol. The van der Waals surface area contributed by atoms with E-state index >= 15 is 0 Å². The molecule has 0 bridgehead atoms. The Morgan fingerprint density at radius 1 is 0.923 bits per heavy atom. The van der Waals surface area contributed by atoms with E-state index in [1.807, 2.05) is 19.1 Å². The summed E-state index contributed by atoms with van der Waals surface area (Å²) < 4.78 is 0. The quantitative estimate of drug-likeness (QED) is 0.561. The molecule has 2 N–H and O–H groups in total. The highest BCUT2D eigenvalue weighted by atomic mass is 16.2. The number of benzene rings is 1. The van der Waals surface area contributed by atoms with E-state index in [9.17, 15) is 19.2 Å². The number of ketones is 2. The van der Waals surface area contributed by atoms with Crippen molar-refractivity contribution in [2.75, 3.05) is 11.9 Å². The fraction of sp³-hybridized carbons (Fsp3) is 0.500. The molecule has 142 valence electrons. The summed E-state index contributed by atoms with van der Waals surface area (Å²) in [4.78, 5) is 45.8. The summed E-state index contributed by atoms with van der Waals surface area (Å²) in [5, 5.41) is 5.57. The molecule has 1 rings (SSSR count). The molecule has 0 saturated heterocycles. The smallest absolute Gasteiger partial charge is 0.224 e. The van der Waals surface area contributed by atoms with Gasteiger partial charge in [0.25, 0.3) is 0 Å². The molecule has 26 heavy (non-hydrogen) atoms. The second-order valence-electron chi connectivity index (χ2n) is 6.37. The zero-order valence-electron chi connectivity index (χ0n) is 15.6. The van der Waals surface area contributed by atoms with Crippen molar-refractivity contribution < 1.29 is 19.2 Å². The number of rotatable bonds is 12. The number of hydrogen-bond donors (Lipinski definition) is 2. The van der Waals surface area contributed by atoms with Crippen LogP contribution in [0.4, 0.5) is 5.69 Å². The van der Waals surface area contributed by atoms with Crippen molar-refractivity contribution in [1.82, 2.24) is 5.32 Å². The first-order valence-corrected chi connectivity index (χ1v) is 9.07. The van der Waals surface area contributed by atoms with Gasteiger partial charge in [0.2, 0.25) is 11.8 Å². The average Bonchev–Trinajstić information content (AvgIpc) is 2.58. The molecular formula is C20H28N2O4. The molecule has 2 amide bonds. The van der Waals surface area contributed by atoms with Gasteiger partial charge >= 0.3 is 0 Å². The van der Waals surface area contributed by atoms with E-state index in [0.717, 1.165) is 12.0 Å². The van der Waals surface area contributed by atoms with E-state index in [0.29, 0.717) is 44.3 Å². The van der Waals surface area contributed by atoms with Gasteiger partial charge in [0.15, 0.2) is 0 Å². The minimum atomic E-state index is -0.127. The van der Waals surface area contributed by atoms with Gasteiger partial charge in [-0.1, -0.05) is 19.1 Å². The number of nitrogens with one attached hydrogen (secondary N) is 2. The highest BCUT2D eigenvalue weighted by molar-refractivity contribution is 5.98. The number of aryl methyl sites for hydroxylation is 1. The van der Waals surface area contributed by atoms with Crippen molar-refractivity contribution in [2.24, 2.45) is 0 Å². The normalized spacial score (nSPS) is 10.2. The minimum absolute atomic E-state index is 0.00932. The van der Waals surface area contributed by atoms with Gasteiger partial charge in [-0.05, 0) is 43.9 Å². The van der Waals surface area contributed by atoms with Crippen LogP contribution in [-0.2, 0) is 25.6 Å². The maximum absolute atomic E-state index is 11.9. The van der Waals surface area contributed by atoms with E-state index in [4.69, 9.17) is 0 Å². The SMILES string of the molecule is CCCNC(=O)CCCC(=O)Nc1ccc(CCC(=O)CC(C)=O)cc1. The van der Waals surface area contributed by atoms with Crippen LogP contribution >= 0.6 is 0 Å². The van der Waals surface area contributed by atoms with Gasteiger partial charge < -0.3 is 10.6 Å². The molecule has 0 fully saturated rings. The van der Waals surface area contributed by atoms with Crippen LogP contribution in [0.5, 0.6) is 0 Å². The summed E-state index contributed by atoms with van der Waals surface area (Å²) in [5.41, 5.74) is 1.66. The van der Waals surface area contributed by atoms with E-state index in [1.54, 1.807) is 12.1 Å². The van der Waals surface area contributed by atoms with Gasteiger partial charge in [-0.25, -0.2) is 0 Å². The summed E-state index contributed by atoms with van der Waals surface area (Å²) >= 11 is 0. The van der Waals surface area contributed by atoms with Crippen LogP contribution in [0.25, 0.3) is 0 Å². The summed E-state index contributed by atoms with van der Waals surface area (Å²) in [5.74, 6) is -0.324. The van der Waals surface area contributed by atoms with E-state index in [1.165, 1.54) is 6.92 Å². The summed E-state index contributed by atoms with van der Waals surface area (Å²) in [7, 11) is 0. The standard InChI is InChI=1S/C20H28N2O4/c1-3-13-21-19(25)5-4-6-20(26)22-17-10-7-16(8-11-17)9-12-18(24)14-15(2)23/h7-8,10-11H,3-6,9,12-14H2,1-2H3,(H,21,25)(H,22,26). The van der Waals surface area contributed by atoms with E-state index in [-0.39, 0.29) is 29.8 Å². The van der Waals surface area contributed by atoms with Gasteiger partial charge in [-0.15, -0.1) is 0 Å². The van der Waals surface area contributed by atoms with Crippen molar-refractivity contribution >= 4 is 29.1 Å². The molecule has 6 nitrogen and oxygen atoms in total. The maximum atomic E-state index is 11.9. The monoisotopic (exact) mass is 360 g/mol. The lowest BCUT2D eigenvalue weighted by atomic mass is 10.0. The van der Waals surface area contributed by atoms with Gasteiger partial charge in [-0.3, -0.25) is 19.2 Å². The highest BCUT2D eigenvalue weighted by Gasteiger charge is 2.07. The number of hydrogen-bond acceptors (Lipinski definition) is 4. The first-order chi connectivity index (χ1) is 12.4. The Morgan fingerprint density at radius 3 is 2.19 bits per heavy atom. The van der Waals surface area contributed by atoms with Crippen molar-refractivity contribution in [1.29, 1.82) is 0 Å². The van der Waals surface area contributed by atoms with Gasteiger partial charge in [0, 0.05) is 31.5 Å². The van der Waals surface area contributed by atoms with Crippen molar-refractivity contribution in [3.05, 3.63) is 29.8 Å². The molecule has 0 spiro atoms. The minimum Gasteiger partial charge on any atom is -0.356 e. The van der Waals surface area contributed by atoms with Crippen LogP contribution in [-0.4, -0.2) is 29.9 Å². The average molecular weight is 360 g/mol. The molecule has 1 aromatic rings. The Hall–Kier alpha value is -2.50. The Morgan fingerprint density at radius 2 is 1.58 bits per heavy atom. The molecule has 1 aromatic carbocycles. The molecule has 0 heterocycles. The van der Waals surface area contributed by atoms with Crippen molar-refractivity contribution in [3.63, 3.8) is 0 Å². The third-order valence-electron chi connectivity index (χ3n) is 3.76. The number of Topliss-reactive ketones (excluding diaryl/α,β-unsaturated/α-hetero) is 2. The van der Waals surface area contributed by atoms with Crippen molar-refractivity contribution in [3.8, 4) is 0 Å². The summed E-state index contributed by atoms with van der Waals surface area (Å²) in [6, 6.07) is 7.29. The molecule has 0 aliphatic heterocycles. The van der Waals surface area contributed by atoms with Gasteiger partial charge in [0.1, 0.15) is 11.6 Å². The zero-order valence-corrected chi connectivity index (χ0v) is 15.6. The van der Waals surface area contributed by atoms with E-state index in [2.05, 4.69) is 10.6 Å². The first kappa shape index (κ1) is 21.5. The maximum Gasteiger partial charge on any atom is 0.224 e. The molecule has 0 aromatic heterocycles. The fourth-order valence-corrected chi connectivity index (χ4v) is 2.39. The highest BCUT2D eigenvalue weighted by Crippen LogP contribution is 2.12. The molecule has 0 unspecified atom stereocenters. The Labute approximate surface area is 154 Å². The van der Waals surface area contributed by atoms with Crippen LogP contribution < -0.4 is 10.6 Å². The molecule has 0 atom stereocenters. The van der Waals surface area contributed by atoms with Crippen LogP contribution in [0.15, 0.2) is 24.3 Å². The molecular weight excluding hydrogens is 332 g/mol. The summed E-state index contributed by atoms with van der Waals surface area (Å²) in [6.45, 7) is 4.06. The lowest BCUT2D eigenvalue weighted by Crippen LogP contribution is -2.24. The van der Waals surface area contributed by atoms with Crippen LogP contribution in [0.1, 0.15) is 57.9 Å². The number of anilines is 1. The van der Waals surface area contributed by atoms with Crippen LogP contribution in [0, 0.1) is 0 Å². The molecule has 0 aliphatic rings. The Kier molecular flexibility index (Phi) is 9.90. The van der Waals surface area contributed by atoms with Gasteiger partial charge in [-0.2, -0.15) is 0 Å².